The molecule has 0 aliphatic heterocycles. The average Bonchev–Trinajstić information content (AvgIpc) is 2.90. The standard InChI is InChI=1S/C27H29N5O4/c1-35-23-9-5-19(6-10-23)17-31-22(16-29-15-21-4-3-13-30-26(21)28)14-25(33)32(27(31)34)18-20-7-11-24(36-2)12-8-20/h3-14,29H,15-18H2,1-2H3,(H2,28,30). The summed E-state index contributed by atoms with van der Waals surface area (Å²) in [5.41, 5.74) is 8.34. The zero-order chi connectivity index (χ0) is 25.5. The Labute approximate surface area is 208 Å². The second kappa shape index (κ2) is 11.4. The predicted molar refractivity (Wildman–Crippen MR) is 138 cm³/mol. The molecule has 0 fully saturated rings. The average molecular weight is 488 g/mol. The van der Waals surface area contributed by atoms with Crippen molar-refractivity contribution in [1.82, 2.24) is 19.4 Å². The van der Waals surface area contributed by atoms with Gasteiger partial charge < -0.3 is 20.5 Å². The number of rotatable bonds is 10. The van der Waals surface area contributed by atoms with Gasteiger partial charge in [-0.1, -0.05) is 30.3 Å². The van der Waals surface area contributed by atoms with E-state index in [4.69, 9.17) is 15.2 Å². The number of hydrogen-bond donors (Lipinski definition) is 2. The topological polar surface area (TPSA) is 113 Å². The van der Waals surface area contributed by atoms with Crippen LogP contribution < -0.4 is 31.8 Å². The predicted octanol–water partition coefficient (Wildman–Crippen LogP) is 2.39. The van der Waals surface area contributed by atoms with Crippen LogP contribution in [0.25, 0.3) is 0 Å². The van der Waals surface area contributed by atoms with Crippen LogP contribution in [0.1, 0.15) is 22.4 Å². The number of nitrogens with two attached hydrogens (primary N) is 1. The van der Waals surface area contributed by atoms with Crippen LogP contribution in [-0.4, -0.2) is 28.3 Å². The maximum atomic E-state index is 13.6. The van der Waals surface area contributed by atoms with Crippen LogP contribution in [0, 0.1) is 0 Å². The molecule has 4 rings (SSSR count). The lowest BCUT2D eigenvalue weighted by atomic mass is 10.2. The molecule has 36 heavy (non-hydrogen) atoms. The summed E-state index contributed by atoms with van der Waals surface area (Å²) in [6, 6.07) is 20.0. The Morgan fingerprint density at radius 3 is 1.97 bits per heavy atom. The molecule has 186 valence electrons. The van der Waals surface area contributed by atoms with Crippen molar-refractivity contribution in [3.05, 3.63) is 116 Å². The van der Waals surface area contributed by atoms with Crippen molar-refractivity contribution >= 4 is 5.82 Å². The Bertz CT molecular complexity index is 1430. The molecule has 4 aromatic rings. The zero-order valence-electron chi connectivity index (χ0n) is 20.3. The van der Waals surface area contributed by atoms with Gasteiger partial charge in [0.1, 0.15) is 17.3 Å². The molecule has 9 heteroatoms. The first-order chi connectivity index (χ1) is 17.5. The number of ether oxygens (including phenoxy) is 2. The van der Waals surface area contributed by atoms with Gasteiger partial charge in [-0.3, -0.25) is 13.9 Å². The Balaban J connectivity index is 1.65. The number of pyridine rings is 1. The minimum Gasteiger partial charge on any atom is -0.497 e. The quantitative estimate of drug-likeness (QED) is 0.353. The maximum absolute atomic E-state index is 13.6. The number of nitrogens with one attached hydrogen (secondary N) is 1. The van der Waals surface area contributed by atoms with Crippen molar-refractivity contribution in [1.29, 1.82) is 0 Å². The molecule has 0 atom stereocenters. The Kier molecular flexibility index (Phi) is 7.82. The second-order valence-corrected chi connectivity index (χ2v) is 8.28. The summed E-state index contributed by atoms with van der Waals surface area (Å²) in [4.78, 5) is 30.7. The van der Waals surface area contributed by atoms with Gasteiger partial charge in [0.25, 0.3) is 5.56 Å². The molecule has 0 bridgehead atoms. The molecule has 0 amide bonds. The van der Waals surface area contributed by atoms with E-state index >= 15 is 0 Å². The molecule has 0 unspecified atom stereocenters. The van der Waals surface area contributed by atoms with Gasteiger partial charge in [-0.2, -0.15) is 0 Å². The van der Waals surface area contributed by atoms with E-state index in [0.717, 1.165) is 22.4 Å². The largest absolute Gasteiger partial charge is 0.497 e. The Morgan fingerprint density at radius 2 is 1.42 bits per heavy atom. The number of hydrogen-bond acceptors (Lipinski definition) is 7. The van der Waals surface area contributed by atoms with Crippen LogP contribution in [0.4, 0.5) is 5.82 Å². The first-order valence-electron chi connectivity index (χ1n) is 11.5. The van der Waals surface area contributed by atoms with Crippen LogP contribution in [0.5, 0.6) is 11.5 Å². The molecule has 0 saturated carbocycles. The summed E-state index contributed by atoms with van der Waals surface area (Å²) >= 11 is 0. The van der Waals surface area contributed by atoms with Crippen LogP contribution >= 0.6 is 0 Å². The number of benzene rings is 2. The lowest BCUT2D eigenvalue weighted by Gasteiger charge is -2.17. The summed E-state index contributed by atoms with van der Waals surface area (Å²) in [5, 5.41) is 3.28. The molecule has 0 aliphatic rings. The Hall–Kier alpha value is -4.37. The number of nitrogens with zero attached hydrogens (tertiary/aromatic N) is 3. The third kappa shape index (κ3) is 5.81. The van der Waals surface area contributed by atoms with Crippen molar-refractivity contribution < 1.29 is 9.47 Å². The second-order valence-electron chi connectivity index (χ2n) is 8.28. The van der Waals surface area contributed by atoms with Crippen molar-refractivity contribution in [3.63, 3.8) is 0 Å². The summed E-state index contributed by atoms with van der Waals surface area (Å²) in [7, 11) is 3.19. The number of aromatic nitrogens is 3. The number of methoxy groups -OCH3 is 2. The van der Waals surface area contributed by atoms with E-state index in [1.165, 1.54) is 10.6 Å². The molecule has 2 aromatic heterocycles. The lowest BCUT2D eigenvalue weighted by Crippen LogP contribution is -2.42. The molecule has 9 nitrogen and oxygen atoms in total. The molecule has 0 spiro atoms. The normalized spacial score (nSPS) is 10.8. The highest BCUT2D eigenvalue weighted by molar-refractivity contribution is 5.38. The van der Waals surface area contributed by atoms with E-state index in [0.29, 0.717) is 36.9 Å². The van der Waals surface area contributed by atoms with Crippen LogP contribution in [0.15, 0.2) is 82.5 Å². The molecule has 0 saturated heterocycles. The summed E-state index contributed by atoms with van der Waals surface area (Å²) < 4.78 is 13.3. The lowest BCUT2D eigenvalue weighted by molar-refractivity contribution is 0.414. The highest BCUT2D eigenvalue weighted by atomic mass is 16.5. The van der Waals surface area contributed by atoms with E-state index in [1.54, 1.807) is 37.1 Å². The third-order valence-electron chi connectivity index (χ3n) is 5.91. The molecular formula is C27H29N5O4. The summed E-state index contributed by atoms with van der Waals surface area (Å²) in [6.45, 7) is 1.21. The van der Waals surface area contributed by atoms with Crippen LogP contribution in [-0.2, 0) is 26.2 Å². The summed E-state index contributed by atoms with van der Waals surface area (Å²) in [6.07, 6.45) is 1.63. The first kappa shape index (κ1) is 24.7. The SMILES string of the molecule is COc1ccc(Cn2c(CNCc3cccnc3N)cc(=O)n(Cc3ccc(OC)cc3)c2=O)cc1. The van der Waals surface area contributed by atoms with Gasteiger partial charge in [0.2, 0.25) is 0 Å². The maximum Gasteiger partial charge on any atom is 0.331 e. The van der Waals surface area contributed by atoms with E-state index in [1.807, 2.05) is 48.5 Å². The summed E-state index contributed by atoms with van der Waals surface area (Å²) in [5.74, 6) is 1.88. The van der Waals surface area contributed by atoms with Crippen LogP contribution in [0.3, 0.4) is 0 Å². The van der Waals surface area contributed by atoms with E-state index in [9.17, 15) is 9.59 Å². The molecule has 3 N–H and O–H groups in total. The van der Waals surface area contributed by atoms with Gasteiger partial charge in [-0.15, -0.1) is 0 Å². The van der Waals surface area contributed by atoms with Crippen molar-refractivity contribution in [3.8, 4) is 11.5 Å². The fraction of sp³-hybridized carbons (Fsp3) is 0.222. The van der Waals surface area contributed by atoms with E-state index in [2.05, 4.69) is 10.3 Å². The fourth-order valence-corrected chi connectivity index (χ4v) is 3.87. The van der Waals surface area contributed by atoms with Crippen molar-refractivity contribution in [2.75, 3.05) is 20.0 Å². The monoisotopic (exact) mass is 487 g/mol. The first-order valence-corrected chi connectivity index (χ1v) is 11.5. The molecule has 0 radical (unpaired) electrons. The van der Waals surface area contributed by atoms with Gasteiger partial charge in [-0.25, -0.2) is 9.78 Å². The highest BCUT2D eigenvalue weighted by Gasteiger charge is 2.13. The number of anilines is 1. The molecule has 2 aromatic carbocycles. The third-order valence-corrected chi connectivity index (χ3v) is 5.91. The van der Waals surface area contributed by atoms with E-state index < -0.39 is 0 Å². The minimum absolute atomic E-state index is 0.157. The zero-order valence-corrected chi connectivity index (χ0v) is 20.3. The van der Waals surface area contributed by atoms with Gasteiger partial charge in [-0.05, 0) is 41.5 Å². The van der Waals surface area contributed by atoms with Crippen LogP contribution in [0.2, 0.25) is 0 Å². The smallest absolute Gasteiger partial charge is 0.331 e. The molecule has 0 aliphatic carbocycles. The number of nitrogen functional groups attached to an aromatic ring is 1. The Morgan fingerprint density at radius 1 is 0.833 bits per heavy atom. The molecular weight excluding hydrogens is 458 g/mol. The van der Waals surface area contributed by atoms with E-state index in [-0.39, 0.29) is 17.8 Å². The highest BCUT2D eigenvalue weighted by Crippen LogP contribution is 2.14. The minimum atomic E-state index is -0.383. The van der Waals surface area contributed by atoms with Gasteiger partial charge in [0.15, 0.2) is 0 Å². The fourth-order valence-electron chi connectivity index (χ4n) is 3.87. The van der Waals surface area contributed by atoms with Crippen molar-refractivity contribution in [2.24, 2.45) is 0 Å². The van der Waals surface area contributed by atoms with Gasteiger partial charge >= 0.3 is 5.69 Å². The van der Waals surface area contributed by atoms with Gasteiger partial charge in [0, 0.05) is 36.6 Å². The van der Waals surface area contributed by atoms with Gasteiger partial charge in [0.05, 0.1) is 27.3 Å². The van der Waals surface area contributed by atoms with Crippen molar-refractivity contribution in [2.45, 2.75) is 26.2 Å². The molecule has 2 heterocycles.